The van der Waals surface area contributed by atoms with E-state index in [9.17, 15) is 28.8 Å². The smallest absolute Gasteiger partial charge is 0.410 e. The summed E-state index contributed by atoms with van der Waals surface area (Å²) in [5, 5.41) is 14.7. The number of nitrogens with one attached hydrogen (secondary N) is 5. The molecule has 6 rings (SSSR count). The zero-order chi connectivity index (χ0) is 44.5. The number of likely N-dealkylation sites (N-methyl/N-ethyl adjacent to an activating group) is 2. The predicted octanol–water partition coefficient (Wildman–Crippen LogP) is 5.08. The van der Waals surface area contributed by atoms with Gasteiger partial charge in [0.05, 0.1) is 12.1 Å². The molecule has 5 N–H and O–H groups in total. The molecule has 6 fully saturated rings. The van der Waals surface area contributed by atoms with Gasteiger partial charge in [0.1, 0.15) is 17.0 Å². The van der Waals surface area contributed by atoms with Gasteiger partial charge in [0.2, 0.25) is 17.7 Å². The van der Waals surface area contributed by atoms with E-state index < -0.39 is 11.2 Å². The molecule has 1 unspecified atom stereocenters. The van der Waals surface area contributed by atoms with Gasteiger partial charge < -0.3 is 45.9 Å². The van der Waals surface area contributed by atoms with E-state index in [2.05, 4.69) is 31.5 Å². The van der Waals surface area contributed by atoms with Gasteiger partial charge >= 0.3 is 12.2 Å². The van der Waals surface area contributed by atoms with Crippen molar-refractivity contribution in [1.82, 2.24) is 41.3 Å². The van der Waals surface area contributed by atoms with Gasteiger partial charge in [-0.15, -0.1) is 37.2 Å². The fourth-order valence-electron chi connectivity index (χ4n) is 9.06. The number of likely N-dealkylation sites (tertiary alicyclic amines) is 3. The molecular formula is C44H83Cl3N8O8. The number of hydrogen-bond acceptors (Lipinski definition) is 11. The van der Waals surface area contributed by atoms with Crippen molar-refractivity contribution in [3.63, 3.8) is 0 Å². The van der Waals surface area contributed by atoms with Crippen LogP contribution in [-0.4, -0.2) is 153 Å². The molecule has 6 aliphatic rings. The summed E-state index contributed by atoms with van der Waals surface area (Å²) < 4.78 is 10.6. The van der Waals surface area contributed by atoms with Crippen molar-refractivity contribution in [2.24, 2.45) is 17.8 Å². The molecule has 368 valence electrons. The van der Waals surface area contributed by atoms with Crippen LogP contribution in [0.1, 0.15) is 125 Å². The van der Waals surface area contributed by atoms with Crippen LogP contribution in [0.5, 0.6) is 0 Å². The Morgan fingerprint density at radius 2 is 1.11 bits per heavy atom. The number of piperidine rings is 3. The lowest BCUT2D eigenvalue weighted by molar-refractivity contribution is -0.126. The normalized spacial score (nSPS) is 24.1. The quantitative estimate of drug-likeness (QED) is 0.247. The molecular weight excluding hydrogens is 875 g/mol. The minimum Gasteiger partial charge on any atom is -0.444 e. The molecule has 5 aliphatic heterocycles. The highest BCUT2D eigenvalue weighted by Crippen LogP contribution is 2.40. The van der Waals surface area contributed by atoms with E-state index in [0.29, 0.717) is 56.9 Å². The minimum absolute atomic E-state index is 0. The van der Waals surface area contributed by atoms with Crippen LogP contribution in [0.3, 0.4) is 0 Å². The average Bonchev–Trinajstić information content (AvgIpc) is 4.04. The second-order valence-corrected chi connectivity index (χ2v) is 18.9. The summed E-state index contributed by atoms with van der Waals surface area (Å²) >= 11 is 0. The van der Waals surface area contributed by atoms with E-state index in [1.54, 1.807) is 30.9 Å². The SMILES string of the molecule is CC(C)(C)OC(=O)N1CCC(=O)CC1.CNC(=O)[C@@H]1CCCC1C1CCNCC1.CNC(=O)[C@@H]1CCCN1.CNC(=O)[C@@H]1CCCN1C1CCN(C(=O)OC(C)(C)C)CC1.Cl.Cl.Cl. The van der Waals surface area contributed by atoms with Crippen LogP contribution in [0.15, 0.2) is 0 Å². The Bertz CT molecular complexity index is 1390. The highest BCUT2D eigenvalue weighted by molar-refractivity contribution is 5.86. The first kappa shape index (κ1) is 60.4. The number of nitrogens with zero attached hydrogens (tertiary/aromatic N) is 3. The Morgan fingerprint density at radius 1 is 0.587 bits per heavy atom. The summed E-state index contributed by atoms with van der Waals surface area (Å²) in [5.41, 5.74) is -0.911. The van der Waals surface area contributed by atoms with Crippen LogP contribution in [0.4, 0.5) is 9.59 Å². The third-order valence-electron chi connectivity index (χ3n) is 12.2. The van der Waals surface area contributed by atoms with E-state index in [4.69, 9.17) is 9.47 Å². The Morgan fingerprint density at radius 3 is 1.59 bits per heavy atom. The standard InChI is InChI=1S/C16H29N3O3.C12H22N2O.C10H17NO3.C6H12N2O.3ClH/c1-16(2,3)22-15(21)18-10-7-12(8-11-18)19-9-5-6-13(19)14(20)17-4;1-13-12(15)11-4-2-3-10(11)9-5-7-14-8-6-9;1-10(2,3)14-9(13)11-6-4-8(12)5-7-11;1-7-6(9)5-3-2-4-8-5;;;/h12-13H,5-11H2,1-4H3,(H,17,20);9-11,14H,2-8H2,1H3,(H,13,15);4-7H2,1-3H3;5,8H,2-4H2,1H3,(H,7,9);3*1H/t13-;10?,11-;;5-;;;/m01.0.../s1. The van der Waals surface area contributed by atoms with Gasteiger partial charge in [-0.1, -0.05) is 6.42 Å². The molecule has 5 saturated heterocycles. The van der Waals surface area contributed by atoms with Crippen LogP contribution >= 0.6 is 37.2 Å². The lowest BCUT2D eigenvalue weighted by Crippen LogP contribution is -2.52. The van der Waals surface area contributed by atoms with Crippen molar-refractivity contribution in [3.05, 3.63) is 0 Å². The number of halogens is 3. The average molecular weight is 959 g/mol. The number of carbonyl (C=O) groups excluding carboxylic acids is 6. The molecule has 5 heterocycles. The fraction of sp³-hybridized carbons (Fsp3) is 0.864. The Labute approximate surface area is 396 Å². The van der Waals surface area contributed by atoms with Crippen LogP contribution in [0.25, 0.3) is 0 Å². The summed E-state index contributed by atoms with van der Waals surface area (Å²) in [7, 11) is 5.13. The van der Waals surface area contributed by atoms with E-state index in [1.165, 1.54) is 25.7 Å². The van der Waals surface area contributed by atoms with Crippen molar-refractivity contribution in [2.75, 3.05) is 73.5 Å². The molecule has 1 aliphatic carbocycles. The summed E-state index contributed by atoms with van der Waals surface area (Å²) in [5.74, 6) is 2.49. The number of hydrogen-bond donors (Lipinski definition) is 5. The molecule has 5 amide bonds. The van der Waals surface area contributed by atoms with Crippen molar-refractivity contribution in [3.8, 4) is 0 Å². The first-order valence-corrected chi connectivity index (χ1v) is 22.7. The van der Waals surface area contributed by atoms with Crippen molar-refractivity contribution >= 4 is 72.9 Å². The second kappa shape index (κ2) is 29.8. The van der Waals surface area contributed by atoms with Gasteiger partial charge in [-0.05, 0) is 144 Å². The van der Waals surface area contributed by atoms with E-state index in [-0.39, 0.29) is 85.0 Å². The number of rotatable bonds is 5. The van der Waals surface area contributed by atoms with Crippen LogP contribution in [0.2, 0.25) is 0 Å². The molecule has 16 nitrogen and oxygen atoms in total. The molecule has 0 aromatic rings. The Balaban J connectivity index is 0.000000835. The zero-order valence-corrected chi connectivity index (χ0v) is 42.1. The largest absolute Gasteiger partial charge is 0.444 e. The molecule has 1 saturated carbocycles. The van der Waals surface area contributed by atoms with Crippen LogP contribution in [-0.2, 0) is 28.7 Å². The maximum Gasteiger partial charge on any atom is 0.410 e. The maximum atomic E-state index is 12.1. The first-order valence-electron chi connectivity index (χ1n) is 22.7. The highest BCUT2D eigenvalue weighted by atomic mass is 35.5. The van der Waals surface area contributed by atoms with E-state index in [1.807, 2.05) is 41.5 Å². The summed E-state index contributed by atoms with van der Waals surface area (Å²) in [4.78, 5) is 74.8. The van der Waals surface area contributed by atoms with Gasteiger partial charge in [-0.25, -0.2) is 9.59 Å². The molecule has 4 atom stereocenters. The monoisotopic (exact) mass is 957 g/mol. The number of ketones is 1. The van der Waals surface area contributed by atoms with Gasteiger partial charge in [0.25, 0.3) is 0 Å². The third-order valence-corrected chi connectivity index (χ3v) is 12.2. The van der Waals surface area contributed by atoms with Gasteiger partial charge in [0.15, 0.2) is 0 Å². The lowest BCUT2D eigenvalue weighted by atomic mass is 9.78. The third kappa shape index (κ3) is 21.0. The van der Waals surface area contributed by atoms with E-state index >= 15 is 0 Å². The molecule has 63 heavy (non-hydrogen) atoms. The zero-order valence-electron chi connectivity index (χ0n) is 39.6. The molecule has 19 heteroatoms. The topological polar surface area (TPSA) is 191 Å². The number of Topliss-reactive ketones (excluding diaryl/α,β-unsaturated/α-hetero) is 1. The Kier molecular flexibility index (Phi) is 28.6. The Hall–Kier alpha value is -2.63. The predicted molar refractivity (Wildman–Crippen MR) is 254 cm³/mol. The van der Waals surface area contributed by atoms with Crippen molar-refractivity contribution in [2.45, 2.75) is 154 Å². The summed E-state index contributed by atoms with van der Waals surface area (Å²) in [6.07, 6.45) is 12.5. The maximum absolute atomic E-state index is 12.1. The molecule has 0 bridgehead atoms. The van der Waals surface area contributed by atoms with Gasteiger partial charge in [0, 0.05) is 72.1 Å². The number of carbonyl (C=O) groups is 6. The molecule has 0 spiro atoms. The first-order chi connectivity index (χ1) is 28.4. The minimum atomic E-state index is -0.460. The highest BCUT2D eigenvalue weighted by Gasteiger charge is 2.39. The molecule has 0 aromatic carbocycles. The van der Waals surface area contributed by atoms with E-state index in [0.717, 1.165) is 77.0 Å². The number of amides is 5. The van der Waals surface area contributed by atoms with Crippen molar-refractivity contribution < 1.29 is 38.2 Å². The van der Waals surface area contributed by atoms with Crippen LogP contribution in [0, 0.1) is 17.8 Å². The molecule has 0 radical (unpaired) electrons. The lowest BCUT2D eigenvalue weighted by Gasteiger charge is -2.39. The fourth-order valence-corrected chi connectivity index (χ4v) is 9.06. The second-order valence-electron chi connectivity index (χ2n) is 18.9. The summed E-state index contributed by atoms with van der Waals surface area (Å²) in [6, 6.07) is 0.474. The number of ether oxygens (including phenoxy) is 2. The van der Waals surface area contributed by atoms with Crippen molar-refractivity contribution in [1.29, 1.82) is 0 Å². The van der Waals surface area contributed by atoms with Gasteiger partial charge in [-0.2, -0.15) is 0 Å². The van der Waals surface area contributed by atoms with Gasteiger partial charge in [-0.3, -0.25) is 24.1 Å². The summed E-state index contributed by atoms with van der Waals surface area (Å²) in [6.45, 7) is 17.8. The van der Waals surface area contributed by atoms with Crippen LogP contribution < -0.4 is 26.6 Å². The molecule has 0 aromatic heterocycles.